The lowest BCUT2D eigenvalue weighted by atomic mass is 10.0. The topological polar surface area (TPSA) is 49.4 Å². The first-order valence-corrected chi connectivity index (χ1v) is 9.68. The molecule has 1 atom stereocenters. The summed E-state index contributed by atoms with van der Waals surface area (Å²) >= 11 is 0. The van der Waals surface area contributed by atoms with Gasteiger partial charge in [0.25, 0.3) is 0 Å². The molecule has 1 heterocycles. The van der Waals surface area contributed by atoms with Gasteiger partial charge >= 0.3 is 6.18 Å². The van der Waals surface area contributed by atoms with E-state index in [4.69, 9.17) is 0 Å². The van der Waals surface area contributed by atoms with E-state index in [9.17, 15) is 21.6 Å². The Kier molecular flexibility index (Phi) is 4.90. The molecule has 1 saturated carbocycles. The van der Waals surface area contributed by atoms with E-state index in [1.165, 1.54) is 6.07 Å². The Hall–Kier alpha value is -1.12. The third-order valence-corrected chi connectivity index (χ3v) is 6.47. The van der Waals surface area contributed by atoms with Crippen molar-refractivity contribution in [3.63, 3.8) is 0 Å². The first kappa shape index (κ1) is 17.7. The number of nitrogens with one attached hydrogen (secondary N) is 1. The fraction of sp³-hybridized carbons (Fsp3) is 0.625. The molecule has 1 unspecified atom stereocenters. The number of halogens is 3. The second-order valence-corrected chi connectivity index (χ2v) is 8.63. The predicted octanol–water partition coefficient (Wildman–Crippen LogP) is 2.75. The van der Waals surface area contributed by atoms with Crippen LogP contribution in [0.3, 0.4) is 0 Å². The molecular weight excluding hydrogens is 341 g/mol. The van der Waals surface area contributed by atoms with Crippen molar-refractivity contribution in [2.45, 2.75) is 49.7 Å². The molecule has 2 aliphatic rings. The van der Waals surface area contributed by atoms with Gasteiger partial charge in [-0.15, -0.1) is 0 Å². The van der Waals surface area contributed by atoms with Gasteiger partial charge < -0.3 is 0 Å². The molecule has 0 aromatic heterocycles. The summed E-state index contributed by atoms with van der Waals surface area (Å²) in [7, 11) is -3.23. The summed E-state index contributed by atoms with van der Waals surface area (Å²) in [5.74, 6) is 0. The van der Waals surface area contributed by atoms with E-state index in [2.05, 4.69) is 4.72 Å². The highest BCUT2D eigenvalue weighted by Crippen LogP contribution is 2.30. The molecule has 0 radical (unpaired) electrons. The van der Waals surface area contributed by atoms with Crippen molar-refractivity contribution in [2.75, 3.05) is 13.1 Å². The molecule has 1 aliphatic carbocycles. The van der Waals surface area contributed by atoms with Crippen LogP contribution in [0.1, 0.15) is 36.8 Å². The summed E-state index contributed by atoms with van der Waals surface area (Å²) in [6, 6.07) is 5.16. The van der Waals surface area contributed by atoms with E-state index in [-0.39, 0.29) is 11.3 Å². The van der Waals surface area contributed by atoms with Gasteiger partial charge in [0.15, 0.2) is 0 Å². The third-order valence-electron chi connectivity index (χ3n) is 4.46. The first-order chi connectivity index (χ1) is 11.2. The van der Waals surface area contributed by atoms with E-state index < -0.39 is 21.8 Å². The van der Waals surface area contributed by atoms with Crippen molar-refractivity contribution in [2.24, 2.45) is 0 Å². The zero-order chi connectivity index (χ0) is 17.4. The molecule has 24 heavy (non-hydrogen) atoms. The normalized spacial score (nSPS) is 23.4. The van der Waals surface area contributed by atoms with Gasteiger partial charge in [0.05, 0.1) is 10.8 Å². The van der Waals surface area contributed by atoms with E-state index in [0.717, 1.165) is 44.4 Å². The Bertz CT molecular complexity index is 687. The number of hydrogen-bond acceptors (Lipinski definition) is 3. The Morgan fingerprint density at radius 3 is 2.62 bits per heavy atom. The lowest BCUT2D eigenvalue weighted by Gasteiger charge is -2.33. The second kappa shape index (κ2) is 6.65. The lowest BCUT2D eigenvalue weighted by molar-refractivity contribution is -0.137. The highest BCUT2D eigenvalue weighted by Gasteiger charge is 2.37. The van der Waals surface area contributed by atoms with Gasteiger partial charge in [-0.1, -0.05) is 18.2 Å². The van der Waals surface area contributed by atoms with Gasteiger partial charge in [0, 0.05) is 19.1 Å². The maximum absolute atomic E-state index is 12.8. The van der Waals surface area contributed by atoms with Crippen molar-refractivity contribution < 1.29 is 21.6 Å². The summed E-state index contributed by atoms with van der Waals surface area (Å²) in [5.41, 5.74) is -0.0569. The van der Waals surface area contributed by atoms with Gasteiger partial charge in [0.1, 0.15) is 0 Å². The number of benzene rings is 1. The predicted molar refractivity (Wildman–Crippen MR) is 84.8 cm³/mol. The number of sulfonamides is 1. The zero-order valence-corrected chi connectivity index (χ0v) is 14.0. The van der Waals surface area contributed by atoms with Gasteiger partial charge in [-0.25, -0.2) is 13.1 Å². The minimum atomic E-state index is -4.35. The van der Waals surface area contributed by atoms with Crippen LogP contribution in [0.4, 0.5) is 13.2 Å². The van der Waals surface area contributed by atoms with Crippen LogP contribution >= 0.6 is 0 Å². The molecule has 1 saturated heterocycles. The first-order valence-electron chi connectivity index (χ1n) is 8.14. The minimum absolute atomic E-state index is 0.157. The highest BCUT2D eigenvalue weighted by atomic mass is 32.2. The van der Waals surface area contributed by atoms with Crippen molar-refractivity contribution in [1.82, 2.24) is 9.62 Å². The maximum Gasteiger partial charge on any atom is 0.416 e. The largest absolute Gasteiger partial charge is 0.416 e. The van der Waals surface area contributed by atoms with Crippen molar-refractivity contribution in [3.8, 4) is 0 Å². The Morgan fingerprint density at radius 1 is 1.21 bits per heavy atom. The monoisotopic (exact) mass is 362 g/mol. The summed E-state index contributed by atoms with van der Waals surface area (Å²) in [6.07, 6.45) is -1.31. The molecule has 3 rings (SSSR count). The number of likely N-dealkylation sites (tertiary alicyclic amines) is 1. The number of piperidine rings is 1. The van der Waals surface area contributed by atoms with Crippen LogP contribution in [0.25, 0.3) is 0 Å². The average molecular weight is 362 g/mol. The molecule has 0 bridgehead atoms. The Morgan fingerprint density at radius 2 is 1.96 bits per heavy atom. The molecule has 0 spiro atoms. The Balaban J connectivity index is 1.61. The molecule has 8 heteroatoms. The van der Waals surface area contributed by atoms with Crippen LogP contribution in [0.2, 0.25) is 0 Å². The van der Waals surface area contributed by atoms with Gasteiger partial charge in [-0.05, 0) is 43.9 Å². The summed E-state index contributed by atoms with van der Waals surface area (Å²) in [5, 5.41) is -0.253. The lowest BCUT2D eigenvalue weighted by Crippen LogP contribution is -2.48. The summed E-state index contributed by atoms with van der Waals surface area (Å²) < 4.78 is 65.2. The number of rotatable bonds is 5. The zero-order valence-electron chi connectivity index (χ0n) is 13.2. The SMILES string of the molecule is O=S(=O)(NC1CCCN(Cc2cccc(C(F)(F)F)c2)C1)C1CC1. The molecule has 1 aromatic rings. The molecule has 0 amide bonds. The second-order valence-electron chi connectivity index (χ2n) is 6.63. The van der Waals surface area contributed by atoms with E-state index in [0.29, 0.717) is 18.7 Å². The van der Waals surface area contributed by atoms with E-state index in [1.54, 1.807) is 6.07 Å². The van der Waals surface area contributed by atoms with Crippen LogP contribution in [0.15, 0.2) is 24.3 Å². The van der Waals surface area contributed by atoms with Crippen LogP contribution in [-0.4, -0.2) is 37.7 Å². The van der Waals surface area contributed by atoms with Crippen LogP contribution in [0.5, 0.6) is 0 Å². The standard InChI is InChI=1S/C16H21F3N2O2S/c17-16(18,19)13-4-1-3-12(9-13)10-21-8-2-5-14(11-21)20-24(22,23)15-6-7-15/h1,3-4,9,14-15,20H,2,5-8,10-11H2. The molecule has 4 nitrogen and oxygen atoms in total. The molecule has 1 N–H and O–H groups in total. The smallest absolute Gasteiger partial charge is 0.298 e. The van der Waals surface area contributed by atoms with Gasteiger partial charge in [0.2, 0.25) is 10.0 Å². The molecule has 1 aromatic carbocycles. The number of nitrogens with zero attached hydrogens (tertiary/aromatic N) is 1. The van der Waals surface area contributed by atoms with Crippen molar-refractivity contribution in [1.29, 1.82) is 0 Å². The van der Waals surface area contributed by atoms with E-state index in [1.807, 2.05) is 4.90 Å². The van der Waals surface area contributed by atoms with Crippen LogP contribution in [-0.2, 0) is 22.7 Å². The van der Waals surface area contributed by atoms with Gasteiger partial charge in [-0.2, -0.15) is 13.2 Å². The quantitative estimate of drug-likeness (QED) is 0.876. The molecule has 2 fully saturated rings. The van der Waals surface area contributed by atoms with Crippen molar-refractivity contribution >= 4 is 10.0 Å². The van der Waals surface area contributed by atoms with Gasteiger partial charge in [-0.3, -0.25) is 4.90 Å². The molecule has 1 aliphatic heterocycles. The Labute approximate surface area is 140 Å². The third kappa shape index (κ3) is 4.49. The average Bonchev–Trinajstić information content (AvgIpc) is 3.31. The van der Waals surface area contributed by atoms with Crippen molar-refractivity contribution in [3.05, 3.63) is 35.4 Å². The highest BCUT2D eigenvalue weighted by molar-refractivity contribution is 7.90. The minimum Gasteiger partial charge on any atom is -0.298 e. The fourth-order valence-electron chi connectivity index (χ4n) is 3.11. The number of alkyl halides is 3. The fourth-order valence-corrected chi connectivity index (χ4v) is 4.71. The summed E-state index contributed by atoms with van der Waals surface area (Å²) in [4.78, 5) is 2.01. The summed E-state index contributed by atoms with van der Waals surface area (Å²) in [6.45, 7) is 1.69. The molecule has 134 valence electrons. The van der Waals surface area contributed by atoms with Crippen LogP contribution < -0.4 is 4.72 Å². The van der Waals surface area contributed by atoms with Crippen LogP contribution in [0, 0.1) is 0 Å². The molecular formula is C16H21F3N2O2S. The maximum atomic E-state index is 12.8. The van der Waals surface area contributed by atoms with E-state index >= 15 is 0 Å². The number of hydrogen-bond donors (Lipinski definition) is 1.